The van der Waals surface area contributed by atoms with Gasteiger partial charge in [0.15, 0.2) is 22.6 Å². The van der Waals surface area contributed by atoms with Gasteiger partial charge in [-0.25, -0.2) is 34.9 Å². The first kappa shape index (κ1) is 87.2. The van der Waals surface area contributed by atoms with E-state index in [0.29, 0.717) is 79.8 Å². The molecule has 9 aromatic heterocycles. The number of aliphatic hydroxyl groups excluding tert-OH is 4. The van der Waals surface area contributed by atoms with Crippen LogP contribution in [0.15, 0.2) is 99.0 Å². The molecule has 0 aliphatic carbocycles. The number of anilines is 5. The monoisotopic (exact) mass is 1720 g/mol. The fraction of sp³-hybridized carbons (Fsp3) is 0.480. The Hall–Kier alpha value is -7.00. The average Bonchev–Trinajstić information content (AvgIpc) is 1.03. The Bertz CT molecular complexity index is 4480. The first-order valence-corrected chi connectivity index (χ1v) is 39.3. The number of pyridine rings is 5. The number of fused-ring (bicyclic) bond motifs is 4. The second-order valence-corrected chi connectivity index (χ2v) is 31.2. The van der Waals surface area contributed by atoms with Crippen molar-refractivity contribution in [3.05, 3.63) is 126 Å². The minimum atomic E-state index is -0.511. The van der Waals surface area contributed by atoms with Crippen molar-refractivity contribution < 1.29 is 29.9 Å². The van der Waals surface area contributed by atoms with E-state index in [1.165, 1.54) is 12.8 Å². The van der Waals surface area contributed by atoms with Crippen LogP contribution >= 0.6 is 82.6 Å². The summed E-state index contributed by atoms with van der Waals surface area (Å²) in [6.45, 7) is 20.1. The van der Waals surface area contributed by atoms with Gasteiger partial charge in [-0.05, 0) is 193 Å². The van der Waals surface area contributed by atoms with E-state index in [1.54, 1.807) is 38.9 Å². The number of ether oxygens (including phenoxy) is 2. The quantitative estimate of drug-likeness (QED) is 0.0148. The zero-order valence-electron chi connectivity index (χ0n) is 62.4. The maximum Gasteiger partial charge on any atom is 0.225 e. The van der Waals surface area contributed by atoms with E-state index >= 15 is 0 Å². The first-order chi connectivity index (χ1) is 51.2. The molecular formula is C75H100Br3Cl3N20O6. The number of hydrogen-bond acceptors (Lipinski definition) is 26. The lowest BCUT2D eigenvalue weighted by Crippen LogP contribution is -2.39. The number of nitrogen functional groups attached to an aromatic ring is 1. The summed E-state index contributed by atoms with van der Waals surface area (Å²) in [5.74, 6) is 3.75. The van der Waals surface area contributed by atoms with E-state index in [9.17, 15) is 15.3 Å². The number of aliphatic hydroxyl groups is 4. The number of benzene rings is 1. The van der Waals surface area contributed by atoms with Crippen LogP contribution in [-0.4, -0.2) is 166 Å². The lowest BCUT2D eigenvalue weighted by atomic mass is 9.96. The fourth-order valence-electron chi connectivity index (χ4n) is 11.2. The number of hydrogen-bond donors (Lipinski definition) is 10. The minimum Gasteiger partial charge on any atom is -0.497 e. The number of aromatic nitrogens is 13. The zero-order chi connectivity index (χ0) is 77.9. The molecular weight excluding hydrogens is 1620 g/mol. The molecule has 4 unspecified atom stereocenters. The summed E-state index contributed by atoms with van der Waals surface area (Å²) in [6.07, 6.45) is 23.1. The number of methoxy groups -OCH3 is 2. The van der Waals surface area contributed by atoms with Crippen molar-refractivity contribution in [2.45, 2.75) is 181 Å². The maximum absolute atomic E-state index is 10.0. The van der Waals surface area contributed by atoms with Crippen molar-refractivity contribution in [1.29, 1.82) is 0 Å². The number of likely N-dealkylation sites (tertiary alicyclic amines) is 1. The molecule has 0 saturated carbocycles. The first-order valence-electron chi connectivity index (χ1n) is 35.8. The standard InChI is InChI=1S/C24H33N7O.C23H30BrN5O3.C14H18BrClN4O.C7H2BrCl2N3.C7H17NO/c1-3-4-9-24(2,16-32)30-22-21-20(28-23(25)29-22)12-18(14-27-21)17-7-8-19(26-13-17)15-31-10-5-6-11-31;1-5-6-9-23(2,14-30)29-21-20-18(10-16(24)13-25-20)27-22(28-21)26-12-15-7-8-17(31-3)11-19(15)32-4;1-3-4-5-14(2,8-21)20-12-11-10(18-13(16)19-12)6-9(15)7-17-11;8-3-1-4-5(11-2-3)6(9)13-7(10)12-4;1-3-4-5-7(2,8)6-9/h7-8,12-14,32H,3-6,9-11,15-16H2,1-2H3,(H3,25,28,29,30);7-8,10-11,13,30H,5-6,9,12,14H2,1-4H3,(H2,26,27,28,29);6-7,21H,3-5,8H2,1-2H3,(H,18,19,20);1-2H;9H,3-6,8H2,1-2H3. The number of nitrogens with zero attached hydrogens (tertiary/aromatic N) is 14. The Morgan fingerprint density at radius 2 is 0.972 bits per heavy atom. The predicted octanol–water partition coefficient (Wildman–Crippen LogP) is 16.2. The highest BCUT2D eigenvalue weighted by Gasteiger charge is 2.28. The molecule has 4 atom stereocenters. The van der Waals surface area contributed by atoms with Gasteiger partial charge < -0.3 is 62.6 Å². The van der Waals surface area contributed by atoms with Gasteiger partial charge in [0.25, 0.3) is 0 Å². The lowest BCUT2D eigenvalue weighted by Gasteiger charge is -2.29. The molecule has 107 heavy (non-hydrogen) atoms. The van der Waals surface area contributed by atoms with Crippen molar-refractivity contribution >= 4 is 156 Å². The Morgan fingerprint density at radius 1 is 0.505 bits per heavy atom. The predicted molar refractivity (Wildman–Crippen MR) is 442 cm³/mol. The van der Waals surface area contributed by atoms with Crippen LogP contribution in [-0.2, 0) is 13.1 Å². The third kappa shape index (κ3) is 26.6. The van der Waals surface area contributed by atoms with Gasteiger partial charge >= 0.3 is 0 Å². The van der Waals surface area contributed by atoms with E-state index in [1.807, 2.05) is 76.5 Å². The second kappa shape index (κ2) is 42.3. The number of unbranched alkanes of at least 4 members (excludes halogenated alkanes) is 4. The van der Waals surface area contributed by atoms with Crippen LogP contribution in [0.1, 0.15) is 157 Å². The molecule has 1 aromatic carbocycles. The van der Waals surface area contributed by atoms with Gasteiger partial charge in [-0.1, -0.05) is 96.7 Å². The van der Waals surface area contributed by atoms with E-state index in [-0.39, 0.29) is 53.6 Å². The van der Waals surface area contributed by atoms with Crippen LogP contribution in [0.25, 0.3) is 55.3 Å². The topological polar surface area (TPSA) is 370 Å². The summed E-state index contributed by atoms with van der Waals surface area (Å²) in [4.78, 5) is 58.9. The molecule has 10 aromatic rings. The fourth-order valence-corrected chi connectivity index (χ4v) is 12.8. The van der Waals surface area contributed by atoms with E-state index in [4.69, 9.17) is 60.9 Å². The number of nitrogens with two attached hydrogens (primary N) is 2. The summed E-state index contributed by atoms with van der Waals surface area (Å²) in [5.41, 5.74) is 18.9. The number of rotatable bonds is 30. The Labute approximate surface area is 666 Å². The van der Waals surface area contributed by atoms with E-state index in [0.717, 1.165) is 138 Å². The summed E-state index contributed by atoms with van der Waals surface area (Å²) >= 11 is 27.5. The molecule has 0 bridgehead atoms. The molecule has 26 nitrogen and oxygen atoms in total. The molecule has 10 heterocycles. The Morgan fingerprint density at radius 3 is 1.47 bits per heavy atom. The SMILES string of the molecule is CCCCC(C)(CO)Nc1nc(Cl)nc2cc(Br)cnc12.CCCCC(C)(CO)Nc1nc(N)nc2cc(-c3ccc(CN4CCCC4)nc3)cnc12.CCCCC(C)(CO)Nc1nc(NCc2ccc(OC)cc2OC)nc2cc(Br)cnc12.CCCCC(C)(N)CO.Clc1nc(Cl)c2ncc(Br)cc2n1. The highest BCUT2D eigenvalue weighted by molar-refractivity contribution is 9.11. The summed E-state index contributed by atoms with van der Waals surface area (Å²) in [7, 11) is 3.25. The van der Waals surface area contributed by atoms with Crippen molar-refractivity contribution in [3.8, 4) is 22.6 Å². The zero-order valence-corrected chi connectivity index (χ0v) is 69.5. The highest BCUT2D eigenvalue weighted by Crippen LogP contribution is 2.33. The molecule has 0 spiro atoms. The van der Waals surface area contributed by atoms with Crippen molar-refractivity contribution in [2.24, 2.45) is 5.73 Å². The third-order valence-corrected chi connectivity index (χ3v) is 19.6. The van der Waals surface area contributed by atoms with Crippen LogP contribution in [0.3, 0.4) is 0 Å². The molecule has 32 heteroatoms. The molecule has 12 N–H and O–H groups in total. The number of halogens is 6. The van der Waals surface area contributed by atoms with E-state index in [2.05, 4.69) is 179 Å². The molecule has 0 amide bonds. The highest BCUT2D eigenvalue weighted by atomic mass is 79.9. The average molecular weight is 1720 g/mol. The van der Waals surface area contributed by atoms with Gasteiger partial charge in [-0.3, -0.25) is 19.9 Å². The van der Waals surface area contributed by atoms with Crippen molar-refractivity contribution in [3.63, 3.8) is 0 Å². The van der Waals surface area contributed by atoms with Crippen LogP contribution in [0.5, 0.6) is 11.5 Å². The molecule has 0 radical (unpaired) electrons. The van der Waals surface area contributed by atoms with E-state index < -0.39 is 16.6 Å². The van der Waals surface area contributed by atoms with Crippen LogP contribution in [0.4, 0.5) is 29.4 Å². The minimum absolute atomic E-state index is 0.00659. The molecule has 11 rings (SSSR count). The van der Waals surface area contributed by atoms with Gasteiger partial charge in [0.05, 0.1) is 85.0 Å². The van der Waals surface area contributed by atoms with Crippen LogP contribution < -0.4 is 42.2 Å². The molecule has 578 valence electrons. The van der Waals surface area contributed by atoms with Gasteiger partial charge in [-0.15, -0.1) is 0 Å². The van der Waals surface area contributed by atoms with Gasteiger partial charge in [-0.2, -0.15) is 15.0 Å². The normalized spacial score (nSPS) is 14.3. The van der Waals surface area contributed by atoms with Crippen LogP contribution in [0, 0.1) is 0 Å². The third-order valence-electron chi connectivity index (χ3n) is 17.7. The van der Waals surface area contributed by atoms with Crippen molar-refractivity contribution in [1.82, 2.24) is 69.7 Å². The second-order valence-electron chi connectivity index (χ2n) is 27.4. The summed E-state index contributed by atoms with van der Waals surface area (Å²) < 4.78 is 13.2. The molecule has 1 fully saturated rings. The molecule has 1 aliphatic rings. The summed E-state index contributed by atoms with van der Waals surface area (Å²) in [5, 5.41) is 52.3. The van der Waals surface area contributed by atoms with Gasteiger partial charge in [0, 0.05) is 85.8 Å². The smallest absolute Gasteiger partial charge is 0.225 e. The van der Waals surface area contributed by atoms with Crippen LogP contribution in [0.2, 0.25) is 15.7 Å². The molecule has 1 aliphatic heterocycles. The van der Waals surface area contributed by atoms with Crippen molar-refractivity contribution in [2.75, 3.05) is 80.7 Å². The molecule has 1 saturated heterocycles. The Balaban J connectivity index is 0.000000199. The largest absolute Gasteiger partial charge is 0.497 e. The lowest BCUT2D eigenvalue weighted by molar-refractivity contribution is 0.198. The Kier molecular flexibility index (Phi) is 34.4. The summed E-state index contributed by atoms with van der Waals surface area (Å²) in [6, 6.07) is 17.3. The van der Waals surface area contributed by atoms with Gasteiger partial charge in [0.2, 0.25) is 22.5 Å². The number of nitrogens with one attached hydrogen (secondary N) is 4. The van der Waals surface area contributed by atoms with Gasteiger partial charge in [0.1, 0.15) is 33.6 Å². The maximum atomic E-state index is 10.0.